The minimum Gasteiger partial charge on any atom is -0.379 e. The molecule has 0 aliphatic carbocycles. The summed E-state index contributed by atoms with van der Waals surface area (Å²) in [5.41, 5.74) is 1.85. The monoisotopic (exact) mass is 441 g/mol. The van der Waals surface area contributed by atoms with Gasteiger partial charge in [-0.25, -0.2) is 18.1 Å². The van der Waals surface area contributed by atoms with Crippen LogP contribution in [0.2, 0.25) is 0 Å². The van der Waals surface area contributed by atoms with Gasteiger partial charge in [0.25, 0.3) is 5.91 Å². The van der Waals surface area contributed by atoms with E-state index in [4.69, 9.17) is 4.74 Å². The van der Waals surface area contributed by atoms with Gasteiger partial charge < -0.3 is 10.1 Å². The van der Waals surface area contributed by atoms with Gasteiger partial charge in [-0.05, 0) is 36.8 Å². The lowest BCUT2D eigenvalue weighted by molar-refractivity contribution is 0.0729. The smallest absolute Gasteiger partial charge is 0.253 e. The van der Waals surface area contributed by atoms with Crippen LogP contribution in [0.3, 0.4) is 0 Å². The number of ether oxygens (including phenoxy) is 1. The number of carbonyl (C=O) groups excluding carboxylic acids is 1. The molecule has 1 fully saturated rings. The first-order chi connectivity index (χ1) is 15.0. The molecule has 4 rings (SSSR count). The molecule has 0 saturated carbocycles. The van der Waals surface area contributed by atoms with Gasteiger partial charge >= 0.3 is 0 Å². The molecule has 1 atom stereocenters. The second-order valence-corrected chi connectivity index (χ2v) is 9.05. The van der Waals surface area contributed by atoms with Crippen LogP contribution in [0.4, 0.5) is 0 Å². The number of benzene rings is 2. The van der Waals surface area contributed by atoms with E-state index in [2.05, 4.69) is 15.4 Å². The van der Waals surface area contributed by atoms with Gasteiger partial charge in [-0.15, -0.1) is 0 Å². The predicted molar refractivity (Wildman–Crippen MR) is 113 cm³/mol. The number of rotatable bonds is 6. The van der Waals surface area contributed by atoms with Crippen LogP contribution in [-0.2, 0) is 14.8 Å². The third-order valence-electron chi connectivity index (χ3n) is 5.14. The summed E-state index contributed by atoms with van der Waals surface area (Å²) < 4.78 is 34.4. The topological polar surface area (TPSA) is 106 Å². The number of sulfonamides is 1. The molecular weight excluding hydrogens is 418 g/mol. The van der Waals surface area contributed by atoms with E-state index in [-0.39, 0.29) is 29.6 Å². The lowest BCUT2D eigenvalue weighted by atomic mass is 10.1. The van der Waals surface area contributed by atoms with Crippen LogP contribution in [0, 0.1) is 0 Å². The summed E-state index contributed by atoms with van der Waals surface area (Å²) in [4.78, 5) is 16.9. The van der Waals surface area contributed by atoms with Crippen molar-refractivity contribution in [1.82, 2.24) is 24.4 Å². The molecule has 0 unspecified atom stereocenters. The van der Waals surface area contributed by atoms with Gasteiger partial charge in [-0.3, -0.25) is 4.79 Å². The maximum Gasteiger partial charge on any atom is 0.253 e. The van der Waals surface area contributed by atoms with Crippen molar-refractivity contribution < 1.29 is 17.9 Å². The first kappa shape index (κ1) is 21.2. The van der Waals surface area contributed by atoms with Gasteiger partial charge in [-0.1, -0.05) is 24.3 Å². The Morgan fingerprint density at radius 2 is 1.81 bits per heavy atom. The number of morpholine rings is 1. The summed E-state index contributed by atoms with van der Waals surface area (Å²) in [7, 11) is -3.79. The number of nitrogens with one attached hydrogen (secondary N) is 1. The zero-order valence-corrected chi connectivity index (χ0v) is 17.8. The lowest BCUT2D eigenvalue weighted by Gasteiger charge is -2.27. The Labute approximate surface area is 180 Å². The fraction of sp³-hybridized carbons (Fsp3) is 0.286. The highest BCUT2D eigenvalue weighted by Gasteiger charge is 2.30. The number of carbonyl (C=O) groups is 1. The first-order valence-corrected chi connectivity index (χ1v) is 11.3. The highest BCUT2D eigenvalue weighted by atomic mass is 32.2. The lowest BCUT2D eigenvalue weighted by Crippen LogP contribution is -2.41. The maximum atomic E-state index is 13.1. The summed E-state index contributed by atoms with van der Waals surface area (Å²) in [5.74, 6) is -0.444. The minimum atomic E-state index is -3.79. The van der Waals surface area contributed by atoms with Crippen molar-refractivity contribution in [3.63, 3.8) is 0 Å². The molecule has 0 radical (unpaired) electrons. The standard InChI is InChI=1S/C21H23N5O4S/c1-16(17-6-8-18(9-7-17)26-15-22-14-23-26)24-21(27)19-4-2-3-5-20(19)31(28,29)25-10-12-30-13-11-25/h2-9,14-16H,10-13H2,1H3,(H,24,27)/t16-/m1/s1. The number of nitrogens with zero attached hydrogens (tertiary/aromatic N) is 4. The minimum absolute atomic E-state index is 0.00290. The van der Waals surface area contributed by atoms with Gasteiger partial charge in [0.05, 0.1) is 35.4 Å². The normalized spacial score (nSPS) is 16.0. The molecule has 162 valence electrons. The van der Waals surface area contributed by atoms with Crippen LogP contribution in [0.5, 0.6) is 0 Å². The van der Waals surface area contributed by atoms with E-state index in [0.29, 0.717) is 13.2 Å². The summed E-state index contributed by atoms with van der Waals surface area (Å²) in [6.07, 6.45) is 3.06. The molecule has 0 spiro atoms. The largest absolute Gasteiger partial charge is 0.379 e. The van der Waals surface area contributed by atoms with Crippen molar-refractivity contribution in [1.29, 1.82) is 0 Å². The molecule has 1 aliphatic rings. The molecule has 1 aromatic heterocycles. The Balaban J connectivity index is 1.52. The van der Waals surface area contributed by atoms with Crippen molar-refractivity contribution in [3.05, 3.63) is 72.3 Å². The molecule has 1 saturated heterocycles. The summed E-state index contributed by atoms with van der Waals surface area (Å²) in [6.45, 7) is 3.07. The van der Waals surface area contributed by atoms with Gasteiger partial charge in [0.1, 0.15) is 12.7 Å². The van der Waals surface area contributed by atoms with Crippen LogP contribution in [0.25, 0.3) is 5.69 Å². The molecule has 9 nitrogen and oxygen atoms in total. The Morgan fingerprint density at radius 1 is 1.10 bits per heavy atom. The van der Waals surface area contributed by atoms with E-state index in [1.54, 1.807) is 23.1 Å². The van der Waals surface area contributed by atoms with Crippen LogP contribution in [0.1, 0.15) is 28.9 Å². The molecule has 31 heavy (non-hydrogen) atoms. The third kappa shape index (κ3) is 4.50. The van der Waals surface area contributed by atoms with E-state index in [1.807, 2.05) is 31.2 Å². The van der Waals surface area contributed by atoms with Crippen molar-refractivity contribution in [2.75, 3.05) is 26.3 Å². The average molecular weight is 442 g/mol. The van der Waals surface area contributed by atoms with E-state index in [9.17, 15) is 13.2 Å². The molecular formula is C21H23N5O4S. The third-order valence-corrected chi connectivity index (χ3v) is 7.10. The zero-order chi connectivity index (χ0) is 21.8. The van der Waals surface area contributed by atoms with Gasteiger partial charge in [0, 0.05) is 13.1 Å². The van der Waals surface area contributed by atoms with Crippen molar-refractivity contribution in [2.24, 2.45) is 0 Å². The zero-order valence-electron chi connectivity index (χ0n) is 17.0. The highest BCUT2D eigenvalue weighted by Crippen LogP contribution is 2.23. The summed E-state index contributed by atoms with van der Waals surface area (Å²) in [6, 6.07) is 13.5. The molecule has 1 N–H and O–H groups in total. The fourth-order valence-corrected chi connectivity index (χ4v) is 5.02. The second kappa shape index (κ2) is 8.96. The molecule has 10 heteroatoms. The molecule has 0 bridgehead atoms. The predicted octanol–water partition coefficient (Wildman–Crippen LogP) is 1.78. The summed E-state index contributed by atoms with van der Waals surface area (Å²) >= 11 is 0. The van der Waals surface area contributed by atoms with E-state index >= 15 is 0 Å². The van der Waals surface area contributed by atoms with E-state index in [0.717, 1.165) is 11.3 Å². The van der Waals surface area contributed by atoms with Gasteiger partial charge in [-0.2, -0.15) is 9.40 Å². The second-order valence-electron chi connectivity index (χ2n) is 7.14. The number of hydrogen-bond donors (Lipinski definition) is 1. The van der Waals surface area contributed by atoms with Crippen molar-refractivity contribution in [2.45, 2.75) is 17.9 Å². The van der Waals surface area contributed by atoms with Crippen LogP contribution in [-0.4, -0.2) is 59.7 Å². The molecule has 2 aromatic carbocycles. The molecule has 2 heterocycles. The quantitative estimate of drug-likeness (QED) is 0.625. The Bertz CT molecular complexity index is 1140. The van der Waals surface area contributed by atoms with Crippen molar-refractivity contribution in [3.8, 4) is 5.69 Å². The van der Waals surface area contributed by atoms with Crippen LogP contribution >= 0.6 is 0 Å². The Kier molecular flexibility index (Phi) is 6.12. The Morgan fingerprint density at radius 3 is 2.48 bits per heavy atom. The molecule has 3 aromatic rings. The average Bonchev–Trinajstić information content (AvgIpc) is 3.35. The van der Waals surface area contributed by atoms with Gasteiger partial charge in [0.2, 0.25) is 10.0 Å². The van der Waals surface area contributed by atoms with E-state index in [1.165, 1.54) is 22.8 Å². The molecule has 1 aliphatic heterocycles. The first-order valence-electron chi connectivity index (χ1n) is 9.89. The van der Waals surface area contributed by atoms with Crippen LogP contribution < -0.4 is 5.32 Å². The maximum absolute atomic E-state index is 13.1. The number of hydrogen-bond acceptors (Lipinski definition) is 6. The highest BCUT2D eigenvalue weighted by molar-refractivity contribution is 7.89. The van der Waals surface area contributed by atoms with E-state index < -0.39 is 15.9 Å². The number of aromatic nitrogens is 3. The van der Waals surface area contributed by atoms with Crippen LogP contribution in [0.15, 0.2) is 66.1 Å². The Hall–Kier alpha value is -3.08. The fourth-order valence-electron chi connectivity index (χ4n) is 3.42. The number of amides is 1. The SMILES string of the molecule is C[C@@H](NC(=O)c1ccccc1S(=O)(=O)N1CCOCC1)c1ccc(-n2cncn2)cc1. The van der Waals surface area contributed by atoms with Gasteiger partial charge in [0.15, 0.2) is 0 Å². The molecule has 1 amide bonds. The van der Waals surface area contributed by atoms with Crippen molar-refractivity contribution >= 4 is 15.9 Å². The summed E-state index contributed by atoms with van der Waals surface area (Å²) in [5, 5.41) is 6.99.